The van der Waals surface area contributed by atoms with E-state index in [1.54, 1.807) is 16.8 Å². The van der Waals surface area contributed by atoms with Crippen LogP contribution in [0.15, 0.2) is 18.2 Å². The van der Waals surface area contributed by atoms with Crippen LogP contribution in [0.5, 0.6) is 0 Å². The summed E-state index contributed by atoms with van der Waals surface area (Å²) in [5.41, 5.74) is 7.14. The van der Waals surface area contributed by atoms with Crippen LogP contribution in [0.4, 0.5) is 5.69 Å². The molecule has 0 atom stereocenters. The van der Waals surface area contributed by atoms with Crippen molar-refractivity contribution in [3.8, 4) is 5.69 Å². The number of benzene rings is 1. The molecule has 1 heterocycles. The van der Waals surface area contributed by atoms with Gasteiger partial charge in [-0.15, -0.1) is 0 Å². The third-order valence-electron chi connectivity index (χ3n) is 2.10. The van der Waals surface area contributed by atoms with Gasteiger partial charge < -0.3 is 5.73 Å². The van der Waals surface area contributed by atoms with Gasteiger partial charge in [0.2, 0.25) is 0 Å². The SMILES string of the molecule is Cc1nc(C)n(-c2ccc(Cl)c(N)c2)n1. The Morgan fingerprint density at radius 2 is 2.07 bits per heavy atom. The molecule has 2 aromatic rings. The van der Waals surface area contributed by atoms with Crippen molar-refractivity contribution >= 4 is 17.3 Å². The zero-order valence-electron chi connectivity index (χ0n) is 8.53. The van der Waals surface area contributed by atoms with Gasteiger partial charge in [0.25, 0.3) is 0 Å². The van der Waals surface area contributed by atoms with Crippen molar-refractivity contribution in [3.63, 3.8) is 0 Å². The van der Waals surface area contributed by atoms with Gasteiger partial charge in [0.1, 0.15) is 11.6 Å². The molecule has 0 aliphatic rings. The van der Waals surface area contributed by atoms with Crippen LogP contribution in [0.1, 0.15) is 11.6 Å². The average molecular weight is 223 g/mol. The topological polar surface area (TPSA) is 56.7 Å². The largest absolute Gasteiger partial charge is 0.397 e. The van der Waals surface area contributed by atoms with Gasteiger partial charge in [-0.1, -0.05) is 11.6 Å². The summed E-state index contributed by atoms with van der Waals surface area (Å²) in [7, 11) is 0. The summed E-state index contributed by atoms with van der Waals surface area (Å²) in [5.74, 6) is 1.57. The number of halogens is 1. The predicted octanol–water partition coefficient (Wildman–Crippen LogP) is 2.12. The number of anilines is 1. The normalized spacial score (nSPS) is 10.6. The minimum atomic E-state index is 0.543. The Labute approximate surface area is 92.7 Å². The molecule has 1 aromatic heterocycles. The van der Waals surface area contributed by atoms with E-state index in [0.29, 0.717) is 10.7 Å². The van der Waals surface area contributed by atoms with Crippen LogP contribution >= 0.6 is 11.6 Å². The van der Waals surface area contributed by atoms with Crippen molar-refractivity contribution in [1.29, 1.82) is 0 Å². The molecule has 78 valence electrons. The van der Waals surface area contributed by atoms with Gasteiger partial charge in [-0.2, -0.15) is 5.10 Å². The zero-order chi connectivity index (χ0) is 11.0. The van der Waals surface area contributed by atoms with E-state index in [0.717, 1.165) is 17.3 Å². The molecule has 2 rings (SSSR count). The average Bonchev–Trinajstić information content (AvgIpc) is 2.50. The number of aryl methyl sites for hydroxylation is 2. The van der Waals surface area contributed by atoms with Gasteiger partial charge in [-0.3, -0.25) is 0 Å². The van der Waals surface area contributed by atoms with Crippen molar-refractivity contribution in [1.82, 2.24) is 14.8 Å². The third kappa shape index (κ3) is 1.80. The molecule has 4 nitrogen and oxygen atoms in total. The predicted molar refractivity (Wildman–Crippen MR) is 60.3 cm³/mol. The second kappa shape index (κ2) is 3.55. The molecule has 0 radical (unpaired) electrons. The van der Waals surface area contributed by atoms with Crippen molar-refractivity contribution < 1.29 is 0 Å². The lowest BCUT2D eigenvalue weighted by Crippen LogP contribution is -2.00. The summed E-state index contributed by atoms with van der Waals surface area (Å²) < 4.78 is 1.74. The molecule has 0 aliphatic heterocycles. The van der Waals surface area contributed by atoms with Crippen LogP contribution in [-0.2, 0) is 0 Å². The minimum absolute atomic E-state index is 0.543. The maximum absolute atomic E-state index is 5.84. The van der Waals surface area contributed by atoms with E-state index >= 15 is 0 Å². The Hall–Kier alpha value is -1.55. The summed E-state index contributed by atoms with van der Waals surface area (Å²) >= 11 is 5.84. The highest BCUT2D eigenvalue weighted by molar-refractivity contribution is 6.33. The summed E-state index contributed by atoms with van der Waals surface area (Å²) in [6.45, 7) is 3.74. The molecule has 0 aliphatic carbocycles. The standard InChI is InChI=1S/C10H11ClN4/c1-6-13-7(2)15(14-6)8-3-4-9(11)10(12)5-8/h3-5H,12H2,1-2H3. The van der Waals surface area contributed by atoms with E-state index in [2.05, 4.69) is 10.1 Å². The van der Waals surface area contributed by atoms with Gasteiger partial charge in [-0.05, 0) is 32.0 Å². The number of rotatable bonds is 1. The van der Waals surface area contributed by atoms with E-state index in [1.165, 1.54) is 0 Å². The lowest BCUT2D eigenvalue weighted by molar-refractivity contribution is 0.831. The first-order valence-corrected chi connectivity index (χ1v) is 4.91. The molecular weight excluding hydrogens is 212 g/mol. The Balaban J connectivity index is 2.54. The highest BCUT2D eigenvalue weighted by Crippen LogP contribution is 2.21. The highest BCUT2D eigenvalue weighted by atomic mass is 35.5. The minimum Gasteiger partial charge on any atom is -0.397 e. The Kier molecular flexibility index (Phi) is 2.36. The molecule has 2 N–H and O–H groups in total. The fraction of sp³-hybridized carbons (Fsp3) is 0.200. The number of hydrogen-bond donors (Lipinski definition) is 1. The molecule has 0 unspecified atom stereocenters. The van der Waals surface area contributed by atoms with E-state index in [9.17, 15) is 0 Å². The molecule has 0 saturated carbocycles. The number of nitrogen functional groups attached to an aromatic ring is 1. The first kappa shape index (κ1) is 9.98. The zero-order valence-corrected chi connectivity index (χ0v) is 9.28. The lowest BCUT2D eigenvalue weighted by Gasteiger charge is -2.04. The summed E-state index contributed by atoms with van der Waals surface area (Å²) in [6, 6.07) is 5.39. The number of nitrogens with two attached hydrogens (primary N) is 1. The van der Waals surface area contributed by atoms with Crippen LogP contribution in [-0.4, -0.2) is 14.8 Å². The Morgan fingerprint density at radius 3 is 2.60 bits per heavy atom. The first-order chi connectivity index (χ1) is 7.08. The number of hydrogen-bond acceptors (Lipinski definition) is 3. The lowest BCUT2D eigenvalue weighted by atomic mass is 10.3. The maximum Gasteiger partial charge on any atom is 0.148 e. The monoisotopic (exact) mass is 222 g/mol. The van der Waals surface area contributed by atoms with Crippen LogP contribution in [0.3, 0.4) is 0 Å². The molecule has 1 aromatic carbocycles. The van der Waals surface area contributed by atoms with Crippen LogP contribution < -0.4 is 5.73 Å². The number of aromatic nitrogens is 3. The molecule has 0 amide bonds. The fourth-order valence-electron chi connectivity index (χ4n) is 1.43. The van der Waals surface area contributed by atoms with Gasteiger partial charge in [0.05, 0.1) is 16.4 Å². The second-order valence-electron chi connectivity index (χ2n) is 3.32. The van der Waals surface area contributed by atoms with E-state index in [4.69, 9.17) is 17.3 Å². The molecule has 5 heteroatoms. The second-order valence-corrected chi connectivity index (χ2v) is 3.73. The highest BCUT2D eigenvalue weighted by Gasteiger charge is 2.06. The quantitative estimate of drug-likeness (QED) is 0.752. The van der Waals surface area contributed by atoms with Gasteiger partial charge in [-0.25, -0.2) is 9.67 Å². The van der Waals surface area contributed by atoms with Crippen molar-refractivity contribution in [3.05, 3.63) is 34.9 Å². The Morgan fingerprint density at radius 1 is 1.33 bits per heavy atom. The summed E-state index contributed by atoms with van der Waals surface area (Å²) in [5, 5.41) is 4.81. The van der Waals surface area contributed by atoms with Crippen LogP contribution in [0.2, 0.25) is 5.02 Å². The Bertz CT molecular complexity index is 504. The molecule has 0 saturated heterocycles. The van der Waals surface area contributed by atoms with E-state index < -0.39 is 0 Å². The van der Waals surface area contributed by atoms with E-state index in [-0.39, 0.29) is 0 Å². The molecule has 0 bridgehead atoms. The van der Waals surface area contributed by atoms with E-state index in [1.807, 2.05) is 19.9 Å². The van der Waals surface area contributed by atoms with Crippen LogP contribution in [0.25, 0.3) is 5.69 Å². The van der Waals surface area contributed by atoms with Gasteiger partial charge in [0, 0.05) is 0 Å². The molecule has 15 heavy (non-hydrogen) atoms. The van der Waals surface area contributed by atoms with Crippen LogP contribution in [0, 0.1) is 13.8 Å². The maximum atomic E-state index is 5.84. The fourth-order valence-corrected chi connectivity index (χ4v) is 1.55. The third-order valence-corrected chi connectivity index (χ3v) is 2.44. The van der Waals surface area contributed by atoms with Crippen molar-refractivity contribution in [2.75, 3.05) is 5.73 Å². The summed E-state index contributed by atoms with van der Waals surface area (Å²) in [4.78, 5) is 4.22. The smallest absolute Gasteiger partial charge is 0.148 e. The van der Waals surface area contributed by atoms with Crippen molar-refractivity contribution in [2.45, 2.75) is 13.8 Å². The summed E-state index contributed by atoms with van der Waals surface area (Å²) in [6.07, 6.45) is 0. The first-order valence-electron chi connectivity index (χ1n) is 4.53. The van der Waals surface area contributed by atoms with Gasteiger partial charge >= 0.3 is 0 Å². The molecule has 0 spiro atoms. The molecular formula is C10H11ClN4. The van der Waals surface area contributed by atoms with Crippen molar-refractivity contribution in [2.24, 2.45) is 0 Å². The number of nitrogens with zero attached hydrogens (tertiary/aromatic N) is 3. The molecule has 0 fully saturated rings. The van der Waals surface area contributed by atoms with Gasteiger partial charge in [0.15, 0.2) is 0 Å².